The molecule has 0 bridgehead atoms. The normalized spacial score (nSPS) is 18.8. The predicted molar refractivity (Wildman–Crippen MR) is 70.2 cm³/mol. The van der Waals surface area contributed by atoms with Gasteiger partial charge in [0, 0.05) is 11.3 Å². The second-order valence-electron chi connectivity index (χ2n) is 4.40. The third-order valence-electron chi connectivity index (χ3n) is 2.65. The Morgan fingerprint density at radius 1 is 1.59 bits per heavy atom. The fourth-order valence-electron chi connectivity index (χ4n) is 1.49. The number of ether oxygens (including phenoxy) is 1. The van der Waals surface area contributed by atoms with Crippen LogP contribution >= 0.6 is 11.8 Å². The van der Waals surface area contributed by atoms with Gasteiger partial charge in [0.2, 0.25) is 0 Å². The molecule has 100 valence electrons. The van der Waals surface area contributed by atoms with Crippen LogP contribution in [0.25, 0.3) is 0 Å². The summed E-state index contributed by atoms with van der Waals surface area (Å²) in [5, 5.41) is 12.5. The number of hydrogen-bond donors (Lipinski definition) is 2. The van der Waals surface area contributed by atoms with Crippen molar-refractivity contribution in [2.75, 3.05) is 19.0 Å². The van der Waals surface area contributed by atoms with Crippen LogP contribution in [0.2, 0.25) is 0 Å². The Morgan fingerprint density at radius 2 is 2.29 bits per heavy atom. The van der Waals surface area contributed by atoms with Crippen molar-refractivity contribution in [2.45, 2.75) is 50.4 Å². The molecule has 17 heavy (non-hydrogen) atoms. The van der Waals surface area contributed by atoms with Crippen LogP contribution < -0.4 is 5.32 Å². The highest BCUT2D eigenvalue weighted by Gasteiger charge is 2.28. The first-order chi connectivity index (χ1) is 8.17. The molecule has 0 aromatic rings. The number of rotatable bonds is 9. The van der Waals surface area contributed by atoms with Crippen molar-refractivity contribution in [3.63, 3.8) is 0 Å². The molecular weight excluding hydrogens is 238 g/mol. The molecular formula is C12H23NO3S. The van der Waals surface area contributed by atoms with Crippen molar-refractivity contribution in [1.82, 2.24) is 5.32 Å². The van der Waals surface area contributed by atoms with Crippen LogP contribution in [-0.2, 0) is 9.53 Å². The molecule has 0 aromatic heterocycles. The molecule has 1 rings (SSSR count). The van der Waals surface area contributed by atoms with Crippen molar-refractivity contribution < 1.29 is 14.6 Å². The molecule has 2 unspecified atom stereocenters. The maximum absolute atomic E-state index is 11.7. The Hall–Kier alpha value is -0.260. The number of carbonyl (C=O) groups excluding carboxylic acids is 1. The summed E-state index contributed by atoms with van der Waals surface area (Å²) in [6.07, 6.45) is 3.09. The molecule has 0 spiro atoms. The van der Waals surface area contributed by atoms with Gasteiger partial charge in [0.25, 0.3) is 0 Å². The Kier molecular flexibility index (Phi) is 6.92. The Bertz CT molecular complexity index is 234. The van der Waals surface area contributed by atoms with Gasteiger partial charge in [-0.3, -0.25) is 4.79 Å². The zero-order chi connectivity index (χ0) is 12.7. The summed E-state index contributed by atoms with van der Waals surface area (Å²) in [7, 11) is 0. The summed E-state index contributed by atoms with van der Waals surface area (Å²) < 4.78 is 5.06. The second-order valence-corrected chi connectivity index (χ2v) is 5.94. The van der Waals surface area contributed by atoms with Crippen LogP contribution in [-0.4, -0.2) is 47.4 Å². The minimum Gasteiger partial charge on any atom is -0.465 e. The number of thioether (sulfide) groups is 1. The van der Waals surface area contributed by atoms with Gasteiger partial charge in [0.1, 0.15) is 6.04 Å². The average Bonchev–Trinajstić information content (AvgIpc) is 3.11. The Morgan fingerprint density at radius 3 is 2.82 bits per heavy atom. The highest BCUT2D eigenvalue weighted by atomic mass is 32.2. The largest absolute Gasteiger partial charge is 0.465 e. The van der Waals surface area contributed by atoms with E-state index in [1.807, 2.05) is 13.8 Å². The van der Waals surface area contributed by atoms with Gasteiger partial charge in [-0.2, -0.15) is 11.8 Å². The van der Waals surface area contributed by atoms with E-state index in [-0.39, 0.29) is 23.9 Å². The Balaban J connectivity index is 2.26. The molecule has 1 aliphatic rings. The Labute approximate surface area is 107 Å². The first kappa shape index (κ1) is 14.8. The number of aliphatic hydroxyl groups excluding tert-OH is 1. The zero-order valence-electron chi connectivity index (χ0n) is 10.6. The topological polar surface area (TPSA) is 58.6 Å². The van der Waals surface area contributed by atoms with Crippen LogP contribution in [0.1, 0.15) is 33.1 Å². The zero-order valence-corrected chi connectivity index (χ0v) is 11.5. The number of hydrogen-bond acceptors (Lipinski definition) is 5. The number of nitrogens with one attached hydrogen (secondary N) is 1. The molecule has 1 aliphatic carbocycles. The van der Waals surface area contributed by atoms with E-state index in [1.54, 1.807) is 11.8 Å². The van der Waals surface area contributed by atoms with Crippen molar-refractivity contribution in [3.8, 4) is 0 Å². The lowest BCUT2D eigenvalue weighted by molar-refractivity contribution is -0.145. The minimum absolute atomic E-state index is 0.142. The van der Waals surface area contributed by atoms with Gasteiger partial charge >= 0.3 is 5.97 Å². The first-order valence-corrected chi connectivity index (χ1v) is 7.37. The van der Waals surface area contributed by atoms with Crippen LogP contribution in [0.5, 0.6) is 0 Å². The maximum atomic E-state index is 11.7. The van der Waals surface area contributed by atoms with Gasteiger partial charge in [-0.05, 0) is 31.9 Å². The summed E-state index contributed by atoms with van der Waals surface area (Å²) in [5.41, 5.74) is 0. The van der Waals surface area contributed by atoms with Crippen molar-refractivity contribution in [1.29, 1.82) is 0 Å². The highest BCUT2D eigenvalue weighted by Crippen LogP contribution is 2.21. The van der Waals surface area contributed by atoms with Gasteiger partial charge in [-0.1, -0.05) is 6.92 Å². The lowest BCUT2D eigenvalue weighted by Gasteiger charge is -2.17. The van der Waals surface area contributed by atoms with E-state index in [9.17, 15) is 4.79 Å². The third kappa shape index (κ3) is 6.29. The van der Waals surface area contributed by atoms with Crippen LogP contribution in [0, 0.1) is 0 Å². The molecule has 1 saturated carbocycles. The van der Waals surface area contributed by atoms with Gasteiger partial charge in [0.15, 0.2) is 0 Å². The molecule has 0 saturated heterocycles. The van der Waals surface area contributed by atoms with Crippen molar-refractivity contribution in [2.24, 2.45) is 0 Å². The monoisotopic (exact) mass is 261 g/mol. The molecule has 0 heterocycles. The summed E-state index contributed by atoms with van der Waals surface area (Å²) >= 11 is 1.69. The summed E-state index contributed by atoms with van der Waals surface area (Å²) in [4.78, 5) is 11.7. The van der Waals surface area contributed by atoms with Crippen molar-refractivity contribution in [3.05, 3.63) is 0 Å². The predicted octanol–water partition coefficient (Wildman–Crippen LogP) is 1.17. The molecule has 1 fully saturated rings. The van der Waals surface area contributed by atoms with E-state index in [1.165, 1.54) is 0 Å². The second kappa shape index (κ2) is 7.95. The molecule has 4 nitrogen and oxygen atoms in total. The van der Waals surface area contributed by atoms with E-state index in [0.29, 0.717) is 12.6 Å². The SMILES string of the molecule is CCOC(=O)C(CCSC(C)CO)NC1CC1. The lowest BCUT2D eigenvalue weighted by Crippen LogP contribution is -2.40. The van der Waals surface area contributed by atoms with E-state index < -0.39 is 0 Å². The van der Waals surface area contributed by atoms with Crippen LogP contribution in [0.3, 0.4) is 0 Å². The molecule has 2 atom stereocenters. The van der Waals surface area contributed by atoms with E-state index >= 15 is 0 Å². The molecule has 2 N–H and O–H groups in total. The number of esters is 1. The fraction of sp³-hybridized carbons (Fsp3) is 0.917. The van der Waals surface area contributed by atoms with Gasteiger partial charge in [-0.15, -0.1) is 0 Å². The summed E-state index contributed by atoms with van der Waals surface area (Å²) in [5.74, 6) is 0.724. The van der Waals surface area contributed by atoms with Crippen molar-refractivity contribution >= 4 is 17.7 Å². The van der Waals surface area contributed by atoms with Gasteiger partial charge < -0.3 is 15.2 Å². The molecule has 0 aliphatic heterocycles. The fourth-order valence-corrected chi connectivity index (χ4v) is 2.37. The maximum Gasteiger partial charge on any atom is 0.323 e. The third-order valence-corrected chi connectivity index (χ3v) is 3.84. The molecule has 0 amide bonds. The first-order valence-electron chi connectivity index (χ1n) is 6.32. The minimum atomic E-state index is -0.180. The van der Waals surface area contributed by atoms with E-state index in [4.69, 9.17) is 9.84 Å². The van der Waals surface area contributed by atoms with E-state index in [0.717, 1.165) is 25.0 Å². The smallest absolute Gasteiger partial charge is 0.323 e. The number of aliphatic hydroxyl groups is 1. The highest BCUT2D eigenvalue weighted by molar-refractivity contribution is 7.99. The number of carbonyl (C=O) groups is 1. The molecule has 0 aromatic carbocycles. The van der Waals surface area contributed by atoms with Gasteiger partial charge in [-0.25, -0.2) is 0 Å². The van der Waals surface area contributed by atoms with E-state index in [2.05, 4.69) is 5.32 Å². The van der Waals surface area contributed by atoms with Gasteiger partial charge in [0.05, 0.1) is 13.2 Å². The summed E-state index contributed by atoms with van der Waals surface area (Å²) in [6, 6.07) is 0.325. The quantitative estimate of drug-likeness (QED) is 0.610. The molecule has 0 radical (unpaired) electrons. The lowest BCUT2D eigenvalue weighted by atomic mass is 10.2. The standard InChI is InChI=1S/C12H23NO3S/c1-3-16-12(15)11(13-10-4-5-10)6-7-17-9(2)8-14/h9-11,13-14H,3-8H2,1-2H3. The van der Waals surface area contributed by atoms with Crippen LogP contribution in [0.4, 0.5) is 0 Å². The molecule has 5 heteroatoms. The average molecular weight is 261 g/mol. The summed E-state index contributed by atoms with van der Waals surface area (Å²) in [6.45, 7) is 4.43. The van der Waals surface area contributed by atoms with Crippen LogP contribution in [0.15, 0.2) is 0 Å².